The van der Waals surface area contributed by atoms with Crippen LogP contribution in [0.25, 0.3) is 10.8 Å². The van der Waals surface area contributed by atoms with Gasteiger partial charge in [0.1, 0.15) is 0 Å². The Morgan fingerprint density at radius 3 is 2.55 bits per heavy atom. The molecule has 0 bridgehead atoms. The van der Waals surface area contributed by atoms with Crippen LogP contribution in [-0.4, -0.2) is 24.5 Å². The van der Waals surface area contributed by atoms with E-state index in [-0.39, 0.29) is 0 Å². The minimum Gasteiger partial charge on any atom is -0.303 e. The molecule has 0 saturated carbocycles. The SMILES string of the molecule is CC(CCN1CCCCC1)c1cccc2ccccc12. The largest absolute Gasteiger partial charge is 0.303 e. The van der Waals surface area contributed by atoms with Crippen LogP contribution >= 0.6 is 0 Å². The summed E-state index contributed by atoms with van der Waals surface area (Å²) in [4.78, 5) is 2.64. The molecule has 1 fully saturated rings. The molecular formula is C19H25N. The zero-order valence-electron chi connectivity index (χ0n) is 12.5. The Kier molecular flexibility index (Phi) is 4.37. The van der Waals surface area contributed by atoms with E-state index in [1.807, 2.05) is 0 Å². The van der Waals surface area contributed by atoms with Gasteiger partial charge in [-0.3, -0.25) is 0 Å². The number of benzene rings is 2. The third-order valence-electron chi connectivity index (χ3n) is 4.68. The Bertz CT molecular complexity index is 549. The third-order valence-corrected chi connectivity index (χ3v) is 4.68. The highest BCUT2D eigenvalue weighted by molar-refractivity contribution is 5.86. The second kappa shape index (κ2) is 6.41. The summed E-state index contributed by atoms with van der Waals surface area (Å²) in [6.45, 7) is 6.25. The average Bonchev–Trinajstić information content (AvgIpc) is 2.53. The highest BCUT2D eigenvalue weighted by Crippen LogP contribution is 2.28. The van der Waals surface area contributed by atoms with Crippen molar-refractivity contribution in [1.29, 1.82) is 0 Å². The second-order valence-electron chi connectivity index (χ2n) is 6.16. The molecule has 3 rings (SSSR count). The van der Waals surface area contributed by atoms with Gasteiger partial charge >= 0.3 is 0 Å². The van der Waals surface area contributed by atoms with E-state index in [0.717, 1.165) is 0 Å². The highest BCUT2D eigenvalue weighted by atomic mass is 15.1. The Hall–Kier alpha value is -1.34. The van der Waals surface area contributed by atoms with Crippen molar-refractivity contribution in [2.75, 3.05) is 19.6 Å². The zero-order chi connectivity index (χ0) is 13.8. The van der Waals surface area contributed by atoms with Gasteiger partial charge in [0, 0.05) is 0 Å². The van der Waals surface area contributed by atoms with Crippen molar-refractivity contribution >= 4 is 10.8 Å². The van der Waals surface area contributed by atoms with Crippen LogP contribution in [0.4, 0.5) is 0 Å². The molecule has 1 aliphatic heterocycles. The monoisotopic (exact) mass is 267 g/mol. The van der Waals surface area contributed by atoms with E-state index >= 15 is 0 Å². The number of hydrogen-bond donors (Lipinski definition) is 0. The quantitative estimate of drug-likeness (QED) is 0.767. The van der Waals surface area contributed by atoms with Gasteiger partial charge in [0.15, 0.2) is 0 Å². The van der Waals surface area contributed by atoms with Crippen molar-refractivity contribution in [3.05, 3.63) is 48.0 Å². The van der Waals surface area contributed by atoms with E-state index in [9.17, 15) is 0 Å². The first-order chi connectivity index (χ1) is 9.84. The predicted octanol–water partition coefficient (Wildman–Crippen LogP) is 4.82. The molecule has 1 saturated heterocycles. The van der Waals surface area contributed by atoms with Crippen LogP contribution in [0.3, 0.4) is 0 Å². The van der Waals surface area contributed by atoms with Crippen LogP contribution in [-0.2, 0) is 0 Å². The van der Waals surface area contributed by atoms with E-state index < -0.39 is 0 Å². The van der Waals surface area contributed by atoms with Gasteiger partial charge in [-0.05, 0) is 61.2 Å². The first kappa shape index (κ1) is 13.6. The minimum absolute atomic E-state index is 0.642. The summed E-state index contributed by atoms with van der Waals surface area (Å²) in [7, 11) is 0. The summed E-state index contributed by atoms with van der Waals surface area (Å²) in [6, 6.07) is 15.5. The number of piperidine rings is 1. The second-order valence-corrected chi connectivity index (χ2v) is 6.16. The first-order valence-corrected chi connectivity index (χ1v) is 8.04. The van der Waals surface area contributed by atoms with E-state index in [1.54, 1.807) is 0 Å². The van der Waals surface area contributed by atoms with Crippen LogP contribution in [0.15, 0.2) is 42.5 Å². The molecule has 20 heavy (non-hydrogen) atoms. The van der Waals surface area contributed by atoms with Gasteiger partial charge in [0.25, 0.3) is 0 Å². The first-order valence-electron chi connectivity index (χ1n) is 8.04. The highest BCUT2D eigenvalue weighted by Gasteiger charge is 2.13. The van der Waals surface area contributed by atoms with Crippen LogP contribution in [0.5, 0.6) is 0 Å². The molecule has 0 amide bonds. The Morgan fingerprint density at radius 1 is 0.950 bits per heavy atom. The topological polar surface area (TPSA) is 3.24 Å². The molecular weight excluding hydrogens is 242 g/mol. The van der Waals surface area contributed by atoms with Crippen molar-refractivity contribution in [3.63, 3.8) is 0 Å². The Labute approximate surface area is 122 Å². The maximum Gasteiger partial charge on any atom is -0.00130 e. The molecule has 106 valence electrons. The van der Waals surface area contributed by atoms with E-state index in [2.05, 4.69) is 54.3 Å². The molecule has 0 radical (unpaired) electrons. The molecule has 0 N–H and O–H groups in total. The predicted molar refractivity (Wildman–Crippen MR) is 87.3 cm³/mol. The standard InChI is InChI=1S/C19H25N/c1-16(12-15-20-13-5-2-6-14-20)18-11-7-9-17-8-3-4-10-19(17)18/h3-4,7-11,16H,2,5-6,12-15H2,1H3. The molecule has 1 unspecified atom stereocenters. The van der Waals surface area contributed by atoms with Gasteiger partial charge in [-0.2, -0.15) is 0 Å². The van der Waals surface area contributed by atoms with Crippen molar-refractivity contribution in [1.82, 2.24) is 4.90 Å². The number of hydrogen-bond acceptors (Lipinski definition) is 1. The number of fused-ring (bicyclic) bond motifs is 1. The number of nitrogens with zero attached hydrogens (tertiary/aromatic N) is 1. The van der Waals surface area contributed by atoms with Crippen molar-refractivity contribution in [2.24, 2.45) is 0 Å². The lowest BCUT2D eigenvalue weighted by Crippen LogP contribution is -2.31. The van der Waals surface area contributed by atoms with Crippen LogP contribution in [0.2, 0.25) is 0 Å². The van der Waals surface area contributed by atoms with Crippen molar-refractivity contribution < 1.29 is 0 Å². The molecule has 1 atom stereocenters. The van der Waals surface area contributed by atoms with Gasteiger partial charge < -0.3 is 4.90 Å². The average molecular weight is 267 g/mol. The normalized spacial score (nSPS) is 18.2. The summed E-state index contributed by atoms with van der Waals surface area (Å²) in [5.74, 6) is 0.642. The summed E-state index contributed by atoms with van der Waals surface area (Å²) in [5, 5.41) is 2.80. The molecule has 0 aromatic heterocycles. The summed E-state index contributed by atoms with van der Waals surface area (Å²) in [6.07, 6.45) is 5.48. The molecule has 2 aromatic rings. The lowest BCUT2D eigenvalue weighted by Gasteiger charge is -2.27. The van der Waals surface area contributed by atoms with E-state index in [1.165, 1.54) is 61.7 Å². The number of rotatable bonds is 4. The summed E-state index contributed by atoms with van der Waals surface area (Å²) < 4.78 is 0. The fourth-order valence-corrected chi connectivity index (χ4v) is 3.39. The van der Waals surface area contributed by atoms with Gasteiger partial charge in [0.2, 0.25) is 0 Å². The fourth-order valence-electron chi connectivity index (χ4n) is 3.39. The molecule has 1 heteroatoms. The van der Waals surface area contributed by atoms with E-state index in [0.29, 0.717) is 5.92 Å². The molecule has 1 heterocycles. The van der Waals surface area contributed by atoms with Crippen LogP contribution in [0.1, 0.15) is 44.1 Å². The lowest BCUT2D eigenvalue weighted by molar-refractivity contribution is 0.222. The molecule has 0 spiro atoms. The van der Waals surface area contributed by atoms with Gasteiger partial charge in [-0.25, -0.2) is 0 Å². The Balaban J connectivity index is 1.70. The maximum atomic E-state index is 2.64. The smallest absolute Gasteiger partial charge is 0.00130 e. The van der Waals surface area contributed by atoms with Gasteiger partial charge in [-0.1, -0.05) is 55.8 Å². The van der Waals surface area contributed by atoms with Crippen molar-refractivity contribution in [2.45, 2.75) is 38.5 Å². The summed E-state index contributed by atoms with van der Waals surface area (Å²) >= 11 is 0. The fraction of sp³-hybridized carbons (Fsp3) is 0.474. The molecule has 1 aliphatic rings. The molecule has 1 nitrogen and oxygen atoms in total. The van der Waals surface area contributed by atoms with Gasteiger partial charge in [0.05, 0.1) is 0 Å². The van der Waals surface area contributed by atoms with Crippen molar-refractivity contribution in [3.8, 4) is 0 Å². The summed E-state index contributed by atoms with van der Waals surface area (Å²) in [5.41, 5.74) is 1.51. The third kappa shape index (κ3) is 3.04. The lowest BCUT2D eigenvalue weighted by atomic mass is 9.92. The van der Waals surface area contributed by atoms with Crippen LogP contribution < -0.4 is 0 Å². The van der Waals surface area contributed by atoms with E-state index in [4.69, 9.17) is 0 Å². The molecule has 2 aromatic carbocycles. The zero-order valence-corrected chi connectivity index (χ0v) is 12.5. The number of likely N-dealkylation sites (tertiary alicyclic amines) is 1. The van der Waals surface area contributed by atoms with Gasteiger partial charge in [-0.15, -0.1) is 0 Å². The molecule has 0 aliphatic carbocycles. The minimum atomic E-state index is 0.642. The van der Waals surface area contributed by atoms with Crippen LogP contribution in [0, 0.1) is 0 Å². The Morgan fingerprint density at radius 2 is 1.70 bits per heavy atom. The maximum absolute atomic E-state index is 2.64.